The van der Waals surface area contributed by atoms with Gasteiger partial charge < -0.3 is 10.6 Å². The Labute approximate surface area is 222 Å². The molecule has 0 bridgehead atoms. The van der Waals surface area contributed by atoms with Crippen molar-refractivity contribution in [3.05, 3.63) is 82.2 Å². The minimum atomic E-state index is -1.49. The number of hydrogen-bond donors (Lipinski definition) is 2. The lowest BCUT2D eigenvalue weighted by molar-refractivity contribution is -0.133. The van der Waals surface area contributed by atoms with E-state index < -0.39 is 29.9 Å². The Balaban J connectivity index is 1.19. The topological polar surface area (TPSA) is 108 Å². The second-order valence-electron chi connectivity index (χ2n) is 9.74. The summed E-state index contributed by atoms with van der Waals surface area (Å²) < 4.78 is 0. The van der Waals surface area contributed by atoms with Crippen LogP contribution in [0.5, 0.6) is 0 Å². The summed E-state index contributed by atoms with van der Waals surface area (Å²) in [5, 5.41) is 9.18. The zero-order valence-electron chi connectivity index (χ0n) is 20.6. The first-order valence-corrected chi connectivity index (χ1v) is 13.2. The molecule has 1 unspecified atom stereocenters. The average Bonchev–Trinajstić information content (AvgIpc) is 3.63. The van der Waals surface area contributed by atoms with Crippen molar-refractivity contribution in [2.24, 2.45) is 0 Å². The minimum absolute atomic E-state index is 0.326. The Bertz CT molecular complexity index is 1640. The SMILES string of the molecule is CC1(c2ccc3ccccc3c2C=O)NC(=O)N(CC(=O)Nc2nc(-c3ccc4c(c3)CCC4)cs2)C1=O. The molecule has 2 aliphatic rings. The Kier molecular flexibility index (Phi) is 5.80. The summed E-state index contributed by atoms with van der Waals surface area (Å²) in [6.07, 6.45) is 4.03. The molecule has 0 spiro atoms. The lowest BCUT2D eigenvalue weighted by Gasteiger charge is -2.24. The molecular weight excluding hydrogens is 500 g/mol. The molecule has 1 aliphatic heterocycles. The number of benzene rings is 3. The van der Waals surface area contributed by atoms with Gasteiger partial charge >= 0.3 is 6.03 Å². The number of urea groups is 1. The predicted octanol–water partition coefficient (Wildman–Crippen LogP) is 4.67. The predicted molar refractivity (Wildman–Crippen MR) is 145 cm³/mol. The van der Waals surface area contributed by atoms with Crippen LogP contribution in [0.25, 0.3) is 22.0 Å². The number of fused-ring (bicyclic) bond motifs is 2. The lowest BCUT2D eigenvalue weighted by atomic mass is 9.86. The van der Waals surface area contributed by atoms with E-state index in [0.717, 1.165) is 40.8 Å². The first-order valence-electron chi connectivity index (χ1n) is 12.4. The molecule has 4 aromatic rings. The van der Waals surface area contributed by atoms with E-state index in [-0.39, 0.29) is 0 Å². The van der Waals surface area contributed by atoms with Gasteiger partial charge in [-0.05, 0) is 59.7 Å². The Morgan fingerprint density at radius 2 is 1.95 bits per heavy atom. The molecule has 0 radical (unpaired) electrons. The summed E-state index contributed by atoms with van der Waals surface area (Å²) in [6.45, 7) is 1.07. The van der Waals surface area contributed by atoms with Crippen molar-refractivity contribution in [1.29, 1.82) is 0 Å². The molecular formula is C29H24N4O4S. The highest BCUT2D eigenvalue weighted by Gasteiger charge is 2.50. The van der Waals surface area contributed by atoms with Gasteiger partial charge in [-0.25, -0.2) is 9.78 Å². The summed E-state index contributed by atoms with van der Waals surface area (Å²) in [7, 11) is 0. The molecule has 38 heavy (non-hydrogen) atoms. The number of carbonyl (C=O) groups excluding carboxylic acids is 4. The van der Waals surface area contributed by atoms with Gasteiger partial charge in [0.1, 0.15) is 12.1 Å². The molecule has 2 N–H and O–H groups in total. The molecule has 6 rings (SSSR count). The smallest absolute Gasteiger partial charge is 0.319 e. The van der Waals surface area contributed by atoms with Gasteiger partial charge in [-0.3, -0.25) is 19.3 Å². The third-order valence-corrected chi connectivity index (χ3v) is 8.11. The summed E-state index contributed by atoms with van der Waals surface area (Å²) in [5.41, 5.74) is 3.70. The number of aldehydes is 1. The van der Waals surface area contributed by atoms with E-state index in [9.17, 15) is 19.2 Å². The summed E-state index contributed by atoms with van der Waals surface area (Å²) >= 11 is 1.28. The monoisotopic (exact) mass is 524 g/mol. The van der Waals surface area contributed by atoms with E-state index in [1.54, 1.807) is 25.1 Å². The number of anilines is 1. The normalized spacial score (nSPS) is 18.5. The molecule has 8 nitrogen and oxygen atoms in total. The van der Waals surface area contributed by atoms with E-state index in [0.29, 0.717) is 27.9 Å². The maximum Gasteiger partial charge on any atom is 0.325 e. The fraction of sp³-hybridized carbons (Fsp3) is 0.207. The molecule has 1 saturated heterocycles. The molecule has 9 heteroatoms. The number of rotatable bonds is 6. The van der Waals surface area contributed by atoms with Gasteiger partial charge in [0.25, 0.3) is 5.91 Å². The van der Waals surface area contributed by atoms with E-state index >= 15 is 0 Å². The van der Waals surface area contributed by atoms with Crippen molar-refractivity contribution < 1.29 is 19.2 Å². The fourth-order valence-corrected chi connectivity index (χ4v) is 6.11. The van der Waals surface area contributed by atoms with Gasteiger partial charge in [0, 0.05) is 16.5 Å². The van der Waals surface area contributed by atoms with Crippen LogP contribution in [0.2, 0.25) is 0 Å². The number of nitrogens with one attached hydrogen (secondary N) is 2. The van der Waals surface area contributed by atoms with Crippen LogP contribution in [0, 0.1) is 0 Å². The van der Waals surface area contributed by atoms with Gasteiger partial charge in [0.2, 0.25) is 5.91 Å². The van der Waals surface area contributed by atoms with Crippen LogP contribution in [0.3, 0.4) is 0 Å². The van der Waals surface area contributed by atoms with Crippen LogP contribution >= 0.6 is 11.3 Å². The number of aryl methyl sites for hydroxylation is 2. The fourth-order valence-electron chi connectivity index (χ4n) is 5.38. The Hall–Kier alpha value is -4.37. The van der Waals surface area contributed by atoms with Gasteiger partial charge in [0.05, 0.1) is 5.69 Å². The highest BCUT2D eigenvalue weighted by molar-refractivity contribution is 7.14. The first-order chi connectivity index (χ1) is 18.4. The largest absolute Gasteiger partial charge is 0.325 e. The second kappa shape index (κ2) is 9.18. The van der Waals surface area contributed by atoms with Crippen LogP contribution in [-0.4, -0.2) is 40.6 Å². The van der Waals surface area contributed by atoms with Gasteiger partial charge in [0.15, 0.2) is 11.4 Å². The molecule has 4 amide bonds. The van der Waals surface area contributed by atoms with Crippen molar-refractivity contribution in [3.8, 4) is 11.3 Å². The second-order valence-corrected chi connectivity index (χ2v) is 10.6. The Morgan fingerprint density at radius 1 is 1.13 bits per heavy atom. The molecule has 3 aromatic carbocycles. The minimum Gasteiger partial charge on any atom is -0.319 e. The summed E-state index contributed by atoms with van der Waals surface area (Å²) in [5.74, 6) is -1.14. The molecule has 1 aliphatic carbocycles. The van der Waals surface area contributed by atoms with E-state index in [1.165, 1.54) is 22.5 Å². The standard InChI is InChI=1S/C29H24N4O4S/c1-29(23-12-11-18-5-2-3-8-21(18)22(23)15-34)26(36)33(28(37)32-29)14-25(35)31-27-30-24(16-38-27)20-10-9-17-6-4-7-19(17)13-20/h2-3,5,8-13,15-16H,4,6-7,14H2,1H3,(H,32,37)(H,30,31,35). The molecule has 1 fully saturated rings. The molecule has 1 aromatic heterocycles. The molecule has 1 atom stereocenters. The number of thiazole rings is 1. The molecule has 2 heterocycles. The van der Waals surface area contributed by atoms with Gasteiger partial charge in [-0.2, -0.15) is 0 Å². The van der Waals surface area contributed by atoms with Crippen molar-refractivity contribution in [2.75, 3.05) is 11.9 Å². The van der Waals surface area contributed by atoms with Crippen LogP contribution in [0.15, 0.2) is 60.0 Å². The zero-order valence-corrected chi connectivity index (χ0v) is 21.4. The highest BCUT2D eigenvalue weighted by atomic mass is 32.1. The average molecular weight is 525 g/mol. The number of carbonyl (C=O) groups is 4. The lowest BCUT2D eigenvalue weighted by Crippen LogP contribution is -2.42. The maximum atomic E-state index is 13.4. The summed E-state index contributed by atoms with van der Waals surface area (Å²) in [6, 6.07) is 16.4. The van der Waals surface area contributed by atoms with Crippen LogP contribution in [0.4, 0.5) is 9.93 Å². The van der Waals surface area contributed by atoms with Crippen LogP contribution in [0.1, 0.15) is 40.4 Å². The third kappa shape index (κ3) is 3.95. The third-order valence-electron chi connectivity index (χ3n) is 7.35. The van der Waals surface area contributed by atoms with Crippen molar-refractivity contribution >= 4 is 51.4 Å². The van der Waals surface area contributed by atoms with Crippen molar-refractivity contribution in [1.82, 2.24) is 15.2 Å². The van der Waals surface area contributed by atoms with E-state index in [4.69, 9.17) is 0 Å². The number of amides is 4. The number of imide groups is 1. The zero-order chi connectivity index (χ0) is 26.4. The van der Waals surface area contributed by atoms with Gasteiger partial charge in [-0.15, -0.1) is 11.3 Å². The highest BCUT2D eigenvalue weighted by Crippen LogP contribution is 2.34. The number of hydrogen-bond acceptors (Lipinski definition) is 6. The van der Waals surface area contributed by atoms with Crippen LogP contribution < -0.4 is 10.6 Å². The van der Waals surface area contributed by atoms with Crippen molar-refractivity contribution in [2.45, 2.75) is 31.7 Å². The van der Waals surface area contributed by atoms with Crippen molar-refractivity contribution in [3.63, 3.8) is 0 Å². The summed E-state index contributed by atoms with van der Waals surface area (Å²) in [4.78, 5) is 56.5. The number of aromatic nitrogens is 1. The molecule has 190 valence electrons. The van der Waals surface area contributed by atoms with E-state index in [2.05, 4.69) is 27.8 Å². The van der Waals surface area contributed by atoms with E-state index in [1.807, 2.05) is 29.6 Å². The van der Waals surface area contributed by atoms with Gasteiger partial charge in [-0.1, -0.05) is 48.5 Å². The maximum absolute atomic E-state index is 13.4. The quantitative estimate of drug-likeness (QED) is 0.282. The first kappa shape index (κ1) is 24.0. The molecule has 0 saturated carbocycles. The number of nitrogens with zero attached hydrogens (tertiary/aromatic N) is 2. The Morgan fingerprint density at radius 3 is 2.79 bits per heavy atom. The van der Waals surface area contributed by atoms with Crippen LogP contribution in [-0.2, 0) is 28.0 Å².